The molecule has 1 atom stereocenters. The summed E-state index contributed by atoms with van der Waals surface area (Å²) in [6.07, 6.45) is 13.0. The number of nitrogens with zero attached hydrogens (tertiary/aromatic N) is 1. The number of alkyl halides is 1. The first kappa shape index (κ1) is 26.4. The highest BCUT2D eigenvalue weighted by atomic mass is 35.5. The standard InChI is InChI=1S/C27H39ClN2O4/c1-3-34-23-15-14-21(18-24(23)33-2)26(27(32)29-22-12-8-5-9-13-22)30(25(31)19-28)17-16-20-10-6-4-7-11-20/h10,14-15,18,22,26H,3-9,11-13,16-17,19H2,1-2H3,(H,29,32)/t26-/m1/s1. The fraction of sp³-hybridized carbons (Fsp3) is 0.630. The van der Waals surface area contributed by atoms with E-state index >= 15 is 0 Å². The van der Waals surface area contributed by atoms with Gasteiger partial charge in [0.2, 0.25) is 11.8 Å². The normalized spacial score (nSPS) is 17.4. The molecular weight excluding hydrogens is 452 g/mol. The van der Waals surface area contributed by atoms with Crippen LogP contribution < -0.4 is 14.8 Å². The first-order valence-corrected chi connectivity index (χ1v) is 13.2. The predicted molar refractivity (Wildman–Crippen MR) is 136 cm³/mol. The predicted octanol–water partition coefficient (Wildman–Crippen LogP) is 5.54. The Kier molecular flexibility index (Phi) is 10.6. The molecule has 0 saturated heterocycles. The molecule has 34 heavy (non-hydrogen) atoms. The van der Waals surface area contributed by atoms with E-state index in [1.54, 1.807) is 12.0 Å². The lowest BCUT2D eigenvalue weighted by atomic mass is 9.94. The molecule has 0 bridgehead atoms. The summed E-state index contributed by atoms with van der Waals surface area (Å²) < 4.78 is 11.2. The van der Waals surface area contributed by atoms with Crippen LogP contribution in [-0.4, -0.2) is 48.9 Å². The van der Waals surface area contributed by atoms with Crippen molar-refractivity contribution in [2.24, 2.45) is 0 Å². The highest BCUT2D eigenvalue weighted by molar-refractivity contribution is 6.27. The summed E-state index contributed by atoms with van der Waals surface area (Å²) in [6.45, 7) is 2.87. The number of methoxy groups -OCH3 is 1. The van der Waals surface area contributed by atoms with Crippen LogP contribution in [0.4, 0.5) is 0 Å². The van der Waals surface area contributed by atoms with Gasteiger partial charge in [0.15, 0.2) is 11.5 Å². The lowest BCUT2D eigenvalue weighted by Crippen LogP contribution is -2.47. The number of ether oxygens (including phenoxy) is 2. The van der Waals surface area contributed by atoms with E-state index in [1.165, 1.54) is 24.8 Å². The Morgan fingerprint density at radius 3 is 2.59 bits per heavy atom. The van der Waals surface area contributed by atoms with Crippen LogP contribution in [0.3, 0.4) is 0 Å². The van der Waals surface area contributed by atoms with Crippen molar-refractivity contribution >= 4 is 23.4 Å². The minimum atomic E-state index is -0.776. The van der Waals surface area contributed by atoms with Gasteiger partial charge in [-0.05, 0) is 69.6 Å². The molecular formula is C27H39ClN2O4. The van der Waals surface area contributed by atoms with Crippen LogP contribution >= 0.6 is 11.6 Å². The van der Waals surface area contributed by atoms with Crippen molar-refractivity contribution in [3.8, 4) is 11.5 Å². The highest BCUT2D eigenvalue weighted by Gasteiger charge is 2.33. The van der Waals surface area contributed by atoms with Crippen molar-refractivity contribution in [2.45, 2.75) is 83.2 Å². The molecule has 2 aliphatic carbocycles. The molecule has 0 spiro atoms. The summed E-state index contributed by atoms with van der Waals surface area (Å²) in [5.74, 6) is 0.593. The van der Waals surface area contributed by atoms with E-state index in [4.69, 9.17) is 21.1 Å². The maximum absolute atomic E-state index is 13.7. The summed E-state index contributed by atoms with van der Waals surface area (Å²) in [4.78, 5) is 28.4. The number of nitrogens with one attached hydrogen (secondary N) is 1. The molecule has 0 aromatic heterocycles. The lowest BCUT2D eigenvalue weighted by Gasteiger charge is -2.33. The SMILES string of the molecule is CCOc1ccc([C@H](C(=O)NC2CCCCC2)N(CCC2=CCCCC2)C(=O)CCl)cc1OC. The van der Waals surface area contributed by atoms with Crippen molar-refractivity contribution in [2.75, 3.05) is 26.1 Å². The van der Waals surface area contributed by atoms with Crippen molar-refractivity contribution in [1.82, 2.24) is 10.2 Å². The summed E-state index contributed by atoms with van der Waals surface area (Å²) in [5, 5.41) is 3.23. The summed E-state index contributed by atoms with van der Waals surface area (Å²) in [7, 11) is 1.58. The van der Waals surface area contributed by atoms with E-state index in [1.807, 2.05) is 25.1 Å². The zero-order valence-electron chi connectivity index (χ0n) is 20.6. The Bertz CT molecular complexity index is 851. The second kappa shape index (κ2) is 13.6. The van der Waals surface area contributed by atoms with Gasteiger partial charge in [-0.2, -0.15) is 0 Å². The first-order chi connectivity index (χ1) is 16.6. The molecule has 7 heteroatoms. The van der Waals surface area contributed by atoms with Crippen LogP contribution in [0.1, 0.15) is 82.7 Å². The van der Waals surface area contributed by atoms with Crippen molar-refractivity contribution in [3.63, 3.8) is 0 Å². The molecule has 2 amide bonds. The zero-order chi connectivity index (χ0) is 24.3. The van der Waals surface area contributed by atoms with E-state index < -0.39 is 6.04 Å². The summed E-state index contributed by atoms with van der Waals surface area (Å²) in [6, 6.07) is 4.84. The fourth-order valence-corrected chi connectivity index (χ4v) is 5.15. The van der Waals surface area contributed by atoms with E-state index in [-0.39, 0.29) is 23.7 Å². The molecule has 188 valence electrons. The van der Waals surface area contributed by atoms with Crippen LogP contribution in [0.25, 0.3) is 0 Å². The molecule has 1 aromatic rings. The number of allylic oxidation sites excluding steroid dienone is 1. The van der Waals surface area contributed by atoms with E-state index in [0.717, 1.165) is 44.9 Å². The topological polar surface area (TPSA) is 67.9 Å². The second-order valence-electron chi connectivity index (χ2n) is 9.17. The van der Waals surface area contributed by atoms with E-state index in [9.17, 15) is 9.59 Å². The third-order valence-electron chi connectivity index (χ3n) is 6.81. The maximum atomic E-state index is 13.7. The largest absolute Gasteiger partial charge is 0.493 e. The van der Waals surface area contributed by atoms with Gasteiger partial charge >= 0.3 is 0 Å². The Balaban J connectivity index is 1.92. The molecule has 1 fully saturated rings. The van der Waals surface area contributed by atoms with Crippen LogP contribution in [0, 0.1) is 0 Å². The number of carbonyl (C=O) groups is 2. The van der Waals surface area contributed by atoms with E-state index in [0.29, 0.717) is 30.2 Å². The summed E-state index contributed by atoms with van der Waals surface area (Å²) >= 11 is 6.04. The molecule has 0 heterocycles. The molecule has 0 aliphatic heterocycles. The molecule has 0 radical (unpaired) electrons. The number of hydrogen-bond donors (Lipinski definition) is 1. The van der Waals surface area contributed by atoms with Gasteiger partial charge < -0.3 is 19.7 Å². The highest BCUT2D eigenvalue weighted by Crippen LogP contribution is 2.34. The van der Waals surface area contributed by atoms with Crippen LogP contribution in [-0.2, 0) is 9.59 Å². The average molecular weight is 491 g/mol. The minimum Gasteiger partial charge on any atom is -0.493 e. The molecule has 1 saturated carbocycles. The van der Waals surface area contributed by atoms with Gasteiger partial charge in [-0.1, -0.05) is 37.0 Å². The number of amides is 2. The Morgan fingerprint density at radius 1 is 1.15 bits per heavy atom. The third-order valence-corrected chi connectivity index (χ3v) is 7.04. The molecule has 1 N–H and O–H groups in total. The molecule has 0 unspecified atom stereocenters. The van der Waals surface area contributed by atoms with Crippen molar-refractivity contribution in [3.05, 3.63) is 35.4 Å². The number of rotatable bonds is 11. The average Bonchev–Trinajstić information content (AvgIpc) is 2.87. The Labute approximate surface area is 209 Å². The number of benzene rings is 1. The molecule has 6 nitrogen and oxygen atoms in total. The van der Waals surface area contributed by atoms with Gasteiger partial charge in [-0.15, -0.1) is 11.6 Å². The van der Waals surface area contributed by atoms with Gasteiger partial charge in [0, 0.05) is 12.6 Å². The van der Waals surface area contributed by atoms with Gasteiger partial charge in [0.1, 0.15) is 11.9 Å². The smallest absolute Gasteiger partial charge is 0.247 e. The molecule has 2 aliphatic rings. The van der Waals surface area contributed by atoms with Gasteiger partial charge in [0.25, 0.3) is 0 Å². The number of halogens is 1. The van der Waals surface area contributed by atoms with Crippen LogP contribution in [0.15, 0.2) is 29.8 Å². The van der Waals surface area contributed by atoms with Gasteiger partial charge in [-0.25, -0.2) is 0 Å². The fourth-order valence-electron chi connectivity index (χ4n) is 5.00. The third kappa shape index (κ3) is 7.14. The number of carbonyl (C=O) groups excluding carboxylic acids is 2. The summed E-state index contributed by atoms with van der Waals surface area (Å²) in [5.41, 5.74) is 2.05. The Morgan fingerprint density at radius 2 is 1.94 bits per heavy atom. The monoisotopic (exact) mass is 490 g/mol. The lowest BCUT2D eigenvalue weighted by molar-refractivity contribution is -0.139. The van der Waals surface area contributed by atoms with Crippen LogP contribution in [0.2, 0.25) is 0 Å². The van der Waals surface area contributed by atoms with Crippen molar-refractivity contribution < 1.29 is 19.1 Å². The first-order valence-electron chi connectivity index (χ1n) is 12.7. The second-order valence-corrected chi connectivity index (χ2v) is 9.44. The Hall–Kier alpha value is -2.21. The van der Waals surface area contributed by atoms with Gasteiger partial charge in [0.05, 0.1) is 13.7 Å². The molecule has 1 aromatic carbocycles. The van der Waals surface area contributed by atoms with E-state index in [2.05, 4.69) is 11.4 Å². The molecule has 3 rings (SSSR count). The number of hydrogen-bond acceptors (Lipinski definition) is 4. The zero-order valence-corrected chi connectivity index (χ0v) is 21.4. The quantitative estimate of drug-likeness (QED) is 0.326. The van der Waals surface area contributed by atoms with Crippen molar-refractivity contribution in [1.29, 1.82) is 0 Å². The van der Waals surface area contributed by atoms with Gasteiger partial charge in [-0.3, -0.25) is 9.59 Å². The minimum absolute atomic E-state index is 0.141. The van der Waals surface area contributed by atoms with Crippen LogP contribution in [0.5, 0.6) is 11.5 Å². The maximum Gasteiger partial charge on any atom is 0.247 e.